The molecule has 5 nitrogen and oxygen atoms in total. The first-order valence-electron chi connectivity index (χ1n) is 6.46. The summed E-state index contributed by atoms with van der Waals surface area (Å²) in [5.74, 6) is 0. The number of hydrogen-bond donors (Lipinski definition) is 2. The van der Waals surface area contributed by atoms with Crippen LogP contribution in [0.25, 0.3) is 0 Å². The van der Waals surface area contributed by atoms with E-state index in [1.165, 1.54) is 0 Å². The molecule has 0 aliphatic rings. The van der Waals surface area contributed by atoms with Gasteiger partial charge in [-0.3, -0.25) is 5.32 Å². The topological polar surface area (TPSA) is 74.1 Å². The molecule has 0 radical (unpaired) electrons. The average Bonchev–Trinajstić information content (AvgIpc) is 2.79. The highest BCUT2D eigenvalue weighted by Crippen LogP contribution is 2.09. The van der Waals surface area contributed by atoms with Gasteiger partial charge in [-0.25, -0.2) is 4.79 Å². The van der Waals surface area contributed by atoms with Crippen LogP contribution in [-0.2, 0) is 11.3 Å². The van der Waals surface area contributed by atoms with Crippen LogP contribution in [-0.4, -0.2) is 23.8 Å². The molecule has 0 saturated heterocycles. The van der Waals surface area contributed by atoms with Gasteiger partial charge in [0.05, 0.1) is 12.1 Å². The van der Waals surface area contributed by atoms with Crippen molar-refractivity contribution >= 4 is 17.4 Å². The first-order chi connectivity index (χ1) is 9.31. The van der Waals surface area contributed by atoms with Gasteiger partial charge < -0.3 is 10.1 Å². The van der Waals surface area contributed by atoms with Gasteiger partial charge in [0, 0.05) is 11.4 Å². The molecule has 2 N–H and O–H groups in total. The first kappa shape index (κ1) is 16.5. The van der Waals surface area contributed by atoms with Gasteiger partial charge in [-0.15, -0.1) is 11.3 Å². The lowest BCUT2D eigenvalue weighted by molar-refractivity contribution is 0.0503. The molecule has 6 heteroatoms. The maximum absolute atomic E-state index is 11.7. The molecule has 1 amide bonds. The van der Waals surface area contributed by atoms with Gasteiger partial charge in [-0.2, -0.15) is 5.26 Å². The second-order valence-electron chi connectivity index (χ2n) is 5.50. The van der Waals surface area contributed by atoms with E-state index in [1.54, 1.807) is 39.0 Å². The second-order valence-corrected chi connectivity index (χ2v) is 6.53. The molecule has 1 rings (SSSR count). The highest BCUT2D eigenvalue weighted by Gasteiger charge is 2.22. The van der Waals surface area contributed by atoms with Crippen molar-refractivity contribution in [2.75, 3.05) is 0 Å². The summed E-state index contributed by atoms with van der Waals surface area (Å²) in [7, 11) is 0. The number of carbonyl (C=O) groups is 1. The lowest BCUT2D eigenvalue weighted by Crippen LogP contribution is -2.48. The van der Waals surface area contributed by atoms with E-state index in [0.29, 0.717) is 6.54 Å². The predicted octanol–water partition coefficient (Wildman–Crippen LogP) is 2.64. The number of nitrogens with one attached hydrogen (secondary N) is 2. The summed E-state index contributed by atoms with van der Waals surface area (Å²) < 4.78 is 5.17. The monoisotopic (exact) mass is 295 g/mol. The van der Waals surface area contributed by atoms with Crippen molar-refractivity contribution in [3.05, 3.63) is 22.4 Å². The van der Waals surface area contributed by atoms with Crippen molar-refractivity contribution < 1.29 is 9.53 Å². The van der Waals surface area contributed by atoms with Crippen molar-refractivity contribution in [1.29, 1.82) is 5.26 Å². The summed E-state index contributed by atoms with van der Waals surface area (Å²) >= 11 is 1.62. The van der Waals surface area contributed by atoms with E-state index in [-0.39, 0.29) is 6.04 Å². The number of rotatable bonds is 5. The molecule has 0 aromatic carbocycles. The number of ether oxygens (including phenoxy) is 1. The zero-order valence-electron chi connectivity index (χ0n) is 12.3. The third-order valence-corrected chi connectivity index (χ3v) is 3.34. The molecule has 1 aromatic rings. The van der Waals surface area contributed by atoms with E-state index in [1.807, 2.05) is 17.5 Å². The third kappa shape index (κ3) is 6.04. The number of nitrogens with zero attached hydrogens (tertiary/aromatic N) is 1. The summed E-state index contributed by atoms with van der Waals surface area (Å²) in [6.45, 7) is 7.78. The Morgan fingerprint density at radius 3 is 2.75 bits per heavy atom. The average molecular weight is 295 g/mol. The largest absolute Gasteiger partial charge is 0.444 e. The molecule has 20 heavy (non-hydrogen) atoms. The fraction of sp³-hybridized carbons (Fsp3) is 0.571. The van der Waals surface area contributed by atoms with Crippen LogP contribution >= 0.6 is 11.3 Å². The molecule has 2 atom stereocenters. The van der Waals surface area contributed by atoms with Crippen LogP contribution in [0.2, 0.25) is 0 Å². The lowest BCUT2D eigenvalue weighted by atomic mass is 10.1. The quantitative estimate of drug-likeness (QED) is 0.875. The van der Waals surface area contributed by atoms with Gasteiger partial charge in [-0.1, -0.05) is 6.07 Å². The van der Waals surface area contributed by atoms with Crippen LogP contribution in [0.15, 0.2) is 17.5 Å². The highest BCUT2D eigenvalue weighted by molar-refractivity contribution is 7.09. The number of amides is 1. The van der Waals surface area contributed by atoms with Gasteiger partial charge in [0.15, 0.2) is 0 Å². The summed E-state index contributed by atoms with van der Waals surface area (Å²) in [6, 6.07) is 5.31. The van der Waals surface area contributed by atoms with Gasteiger partial charge in [0.2, 0.25) is 0 Å². The minimum Gasteiger partial charge on any atom is -0.444 e. The Kier molecular flexibility index (Phi) is 5.99. The number of hydrogen-bond acceptors (Lipinski definition) is 5. The molecule has 2 unspecified atom stereocenters. The lowest BCUT2D eigenvalue weighted by Gasteiger charge is -2.24. The van der Waals surface area contributed by atoms with Crippen LogP contribution in [0.4, 0.5) is 4.79 Å². The van der Waals surface area contributed by atoms with Gasteiger partial charge in [0.1, 0.15) is 11.6 Å². The molecule has 0 saturated carbocycles. The van der Waals surface area contributed by atoms with E-state index in [0.717, 1.165) is 4.88 Å². The summed E-state index contributed by atoms with van der Waals surface area (Å²) in [5, 5.41) is 16.9. The normalized spacial score (nSPS) is 14.2. The van der Waals surface area contributed by atoms with Crippen LogP contribution in [0, 0.1) is 11.3 Å². The number of alkyl carbamates (subject to hydrolysis) is 1. The molecule has 1 aromatic heterocycles. The second kappa shape index (κ2) is 7.27. The molecule has 0 aliphatic heterocycles. The fourth-order valence-corrected chi connectivity index (χ4v) is 2.19. The van der Waals surface area contributed by atoms with Gasteiger partial charge in [0.25, 0.3) is 0 Å². The number of thiophene rings is 1. The van der Waals surface area contributed by atoms with Crippen molar-refractivity contribution in [2.24, 2.45) is 0 Å². The standard InChI is InChI=1S/C14H21N3O2S/c1-10(17-13(18)19-14(2,3)4)12(8-15)16-9-11-6-5-7-20-11/h5-7,10,12,16H,9H2,1-4H3,(H,17,18). The Balaban J connectivity index is 2.44. The van der Waals surface area contributed by atoms with E-state index >= 15 is 0 Å². The van der Waals surface area contributed by atoms with Crippen molar-refractivity contribution in [2.45, 2.75) is 51.9 Å². The Hall–Kier alpha value is -1.58. The molecule has 110 valence electrons. The zero-order chi connectivity index (χ0) is 15.2. The van der Waals surface area contributed by atoms with Crippen molar-refractivity contribution in [3.63, 3.8) is 0 Å². The Bertz CT molecular complexity index is 460. The van der Waals surface area contributed by atoms with E-state index in [2.05, 4.69) is 16.7 Å². The first-order valence-corrected chi connectivity index (χ1v) is 7.34. The summed E-state index contributed by atoms with van der Waals surface area (Å²) in [6.07, 6.45) is -0.511. The maximum atomic E-state index is 11.7. The SMILES string of the molecule is CC(NC(=O)OC(C)(C)C)C(C#N)NCc1cccs1. The van der Waals surface area contributed by atoms with Crippen LogP contribution in [0.3, 0.4) is 0 Å². The molecule has 0 aliphatic carbocycles. The van der Waals surface area contributed by atoms with Crippen LogP contribution in [0.5, 0.6) is 0 Å². The third-order valence-electron chi connectivity index (χ3n) is 2.46. The highest BCUT2D eigenvalue weighted by atomic mass is 32.1. The molecule has 0 spiro atoms. The van der Waals surface area contributed by atoms with Crippen LogP contribution < -0.4 is 10.6 Å². The smallest absolute Gasteiger partial charge is 0.407 e. The maximum Gasteiger partial charge on any atom is 0.407 e. The summed E-state index contributed by atoms with van der Waals surface area (Å²) in [5.41, 5.74) is -0.545. The van der Waals surface area contributed by atoms with E-state index in [4.69, 9.17) is 10.00 Å². The van der Waals surface area contributed by atoms with Crippen molar-refractivity contribution in [3.8, 4) is 6.07 Å². The van der Waals surface area contributed by atoms with Crippen molar-refractivity contribution in [1.82, 2.24) is 10.6 Å². The van der Waals surface area contributed by atoms with E-state index in [9.17, 15) is 4.79 Å². The number of nitriles is 1. The van der Waals surface area contributed by atoms with E-state index < -0.39 is 17.7 Å². The van der Waals surface area contributed by atoms with Gasteiger partial charge >= 0.3 is 6.09 Å². The zero-order valence-corrected chi connectivity index (χ0v) is 13.1. The molecular formula is C14H21N3O2S. The molecule has 0 fully saturated rings. The number of carbonyl (C=O) groups excluding carboxylic acids is 1. The Labute approximate surface area is 123 Å². The fourth-order valence-electron chi connectivity index (χ4n) is 1.53. The Morgan fingerprint density at radius 2 is 2.25 bits per heavy atom. The van der Waals surface area contributed by atoms with Crippen LogP contribution in [0.1, 0.15) is 32.6 Å². The van der Waals surface area contributed by atoms with Gasteiger partial charge in [-0.05, 0) is 39.1 Å². The Morgan fingerprint density at radius 1 is 1.55 bits per heavy atom. The minimum absolute atomic E-state index is 0.338. The predicted molar refractivity (Wildman–Crippen MR) is 79.4 cm³/mol. The summed E-state index contributed by atoms with van der Waals surface area (Å²) in [4.78, 5) is 12.8. The minimum atomic E-state index is -0.545. The molecule has 0 bridgehead atoms. The molecular weight excluding hydrogens is 274 g/mol. The molecule has 1 heterocycles.